The first-order valence-corrected chi connectivity index (χ1v) is 5.40. The van der Waals surface area contributed by atoms with E-state index in [-0.39, 0.29) is 16.9 Å². The number of hydrogen-bond donors (Lipinski definition) is 1. The number of rotatable bonds is 2. The van der Waals surface area contributed by atoms with Gasteiger partial charge in [-0.05, 0) is 0 Å². The second kappa shape index (κ2) is 5.41. The van der Waals surface area contributed by atoms with E-state index in [4.69, 9.17) is 11.6 Å². The Bertz CT molecular complexity index is 669. The van der Waals surface area contributed by atoms with Gasteiger partial charge in [-0.25, -0.2) is 22.5 Å². The van der Waals surface area contributed by atoms with Crippen LogP contribution < -0.4 is 5.32 Å². The van der Waals surface area contributed by atoms with Crippen LogP contribution >= 0.6 is 11.6 Å². The lowest BCUT2D eigenvalue weighted by Gasteiger charge is -2.08. The molecule has 1 amide bonds. The topological polar surface area (TPSA) is 54.9 Å². The number of amides is 1. The summed E-state index contributed by atoms with van der Waals surface area (Å²) in [6.07, 6.45) is 2.09. The molecule has 0 atom stereocenters. The Balaban J connectivity index is 2.38. The van der Waals surface area contributed by atoms with Crippen molar-refractivity contribution in [1.82, 2.24) is 9.97 Å². The summed E-state index contributed by atoms with van der Waals surface area (Å²) in [6.45, 7) is 0. The fourth-order valence-electron chi connectivity index (χ4n) is 1.31. The Morgan fingerprint density at radius 1 is 1.10 bits per heavy atom. The van der Waals surface area contributed by atoms with Crippen molar-refractivity contribution in [2.75, 3.05) is 5.32 Å². The molecule has 0 radical (unpaired) electrons. The van der Waals surface area contributed by atoms with Gasteiger partial charge < -0.3 is 5.32 Å². The third-order valence-corrected chi connectivity index (χ3v) is 2.37. The second-order valence-corrected chi connectivity index (χ2v) is 3.91. The van der Waals surface area contributed by atoms with Crippen molar-refractivity contribution in [2.24, 2.45) is 0 Å². The minimum atomic E-state index is -1.73. The molecule has 1 aromatic carbocycles. The molecule has 4 nitrogen and oxygen atoms in total. The average Bonchev–Trinajstić information content (AvgIpc) is 2.41. The zero-order valence-electron chi connectivity index (χ0n) is 9.42. The highest BCUT2D eigenvalue weighted by Crippen LogP contribution is 2.24. The van der Waals surface area contributed by atoms with Crippen LogP contribution in [0.2, 0.25) is 5.15 Å². The second-order valence-electron chi connectivity index (χ2n) is 3.52. The van der Waals surface area contributed by atoms with Crippen molar-refractivity contribution in [2.45, 2.75) is 0 Å². The summed E-state index contributed by atoms with van der Waals surface area (Å²) >= 11 is 5.48. The molecule has 0 unspecified atom stereocenters. The Kier molecular flexibility index (Phi) is 3.84. The molecule has 1 heterocycles. The molecule has 1 N–H and O–H groups in total. The molecular formula is C11H4ClF4N3O. The largest absolute Gasteiger partial charge is 0.315 e. The minimum Gasteiger partial charge on any atom is -0.315 e. The molecule has 2 rings (SSSR count). The van der Waals surface area contributed by atoms with Gasteiger partial charge in [-0.15, -0.1) is 0 Å². The maximum absolute atomic E-state index is 13.3. The highest BCUT2D eigenvalue weighted by molar-refractivity contribution is 6.29. The van der Waals surface area contributed by atoms with Crippen LogP contribution in [0.1, 0.15) is 10.5 Å². The Morgan fingerprint density at radius 3 is 2.25 bits per heavy atom. The summed E-state index contributed by atoms with van der Waals surface area (Å²) in [5, 5.41) is 1.54. The van der Waals surface area contributed by atoms with Crippen LogP contribution in [0.4, 0.5) is 23.2 Å². The average molecular weight is 306 g/mol. The molecule has 0 bridgehead atoms. The Hall–Kier alpha value is -2.22. The molecule has 2 aromatic rings. The van der Waals surface area contributed by atoms with Crippen molar-refractivity contribution >= 4 is 23.2 Å². The third-order valence-electron chi connectivity index (χ3n) is 2.19. The highest BCUT2D eigenvalue weighted by Gasteiger charge is 2.22. The number of carbonyl (C=O) groups is 1. The van der Waals surface area contributed by atoms with Gasteiger partial charge >= 0.3 is 0 Å². The van der Waals surface area contributed by atoms with E-state index < -0.39 is 34.9 Å². The van der Waals surface area contributed by atoms with Crippen LogP contribution in [0.25, 0.3) is 0 Å². The Labute approximate surface area is 114 Å². The van der Waals surface area contributed by atoms with E-state index in [9.17, 15) is 22.4 Å². The maximum Gasteiger partial charge on any atom is 0.276 e. The number of aromatic nitrogens is 2. The number of hydrogen-bond acceptors (Lipinski definition) is 3. The Morgan fingerprint density at radius 2 is 1.70 bits per heavy atom. The van der Waals surface area contributed by atoms with Gasteiger partial charge in [-0.3, -0.25) is 9.78 Å². The quantitative estimate of drug-likeness (QED) is 0.685. The molecule has 1 aromatic heterocycles. The van der Waals surface area contributed by atoms with Crippen LogP contribution in [0.5, 0.6) is 0 Å². The standard InChI is InChI=1S/C11H4ClF4N3O/c12-7-3-17-2-6(18-7)11(20)19-10-8(15)4(13)1-5(14)9(10)16/h1-3H,(H,19,20). The van der Waals surface area contributed by atoms with E-state index in [0.29, 0.717) is 0 Å². The molecule has 0 saturated heterocycles. The number of halogens is 5. The summed E-state index contributed by atoms with van der Waals surface area (Å²) in [4.78, 5) is 18.7. The van der Waals surface area contributed by atoms with Gasteiger partial charge in [0.1, 0.15) is 16.5 Å². The van der Waals surface area contributed by atoms with Gasteiger partial charge in [0.05, 0.1) is 12.4 Å². The van der Waals surface area contributed by atoms with Crippen molar-refractivity contribution in [1.29, 1.82) is 0 Å². The summed E-state index contributed by atoms with van der Waals surface area (Å²) in [6, 6.07) is 0.0273. The first-order valence-electron chi connectivity index (χ1n) is 5.02. The van der Waals surface area contributed by atoms with E-state index in [1.807, 2.05) is 0 Å². The fraction of sp³-hybridized carbons (Fsp3) is 0. The normalized spacial score (nSPS) is 10.4. The molecule has 0 spiro atoms. The molecule has 0 saturated carbocycles. The minimum absolute atomic E-state index is 0.0273. The van der Waals surface area contributed by atoms with Gasteiger partial charge in [0.2, 0.25) is 0 Å². The molecular weight excluding hydrogens is 302 g/mol. The van der Waals surface area contributed by atoms with Crippen LogP contribution in [0, 0.1) is 23.3 Å². The van der Waals surface area contributed by atoms with E-state index in [0.717, 1.165) is 12.4 Å². The van der Waals surface area contributed by atoms with Gasteiger partial charge in [0.15, 0.2) is 23.3 Å². The van der Waals surface area contributed by atoms with Crippen molar-refractivity contribution in [3.63, 3.8) is 0 Å². The maximum atomic E-state index is 13.3. The number of nitrogens with one attached hydrogen (secondary N) is 1. The molecule has 0 aliphatic rings. The molecule has 0 fully saturated rings. The summed E-state index contributed by atoms with van der Waals surface area (Å²) < 4.78 is 52.6. The van der Waals surface area contributed by atoms with Crippen LogP contribution in [0.15, 0.2) is 18.5 Å². The molecule has 0 aliphatic carbocycles. The van der Waals surface area contributed by atoms with Crippen molar-refractivity contribution in [3.05, 3.63) is 52.6 Å². The van der Waals surface area contributed by atoms with Gasteiger partial charge in [-0.1, -0.05) is 11.6 Å². The van der Waals surface area contributed by atoms with Crippen LogP contribution in [-0.4, -0.2) is 15.9 Å². The molecule has 0 aliphatic heterocycles. The van der Waals surface area contributed by atoms with Gasteiger partial charge in [0, 0.05) is 6.07 Å². The molecule has 20 heavy (non-hydrogen) atoms. The van der Waals surface area contributed by atoms with E-state index >= 15 is 0 Å². The lowest BCUT2D eigenvalue weighted by atomic mass is 10.2. The van der Waals surface area contributed by atoms with Crippen LogP contribution in [0.3, 0.4) is 0 Å². The number of nitrogens with zero attached hydrogens (tertiary/aromatic N) is 2. The first-order chi connectivity index (χ1) is 9.40. The van der Waals surface area contributed by atoms with E-state index in [2.05, 4.69) is 9.97 Å². The third kappa shape index (κ3) is 2.69. The van der Waals surface area contributed by atoms with Gasteiger partial charge in [-0.2, -0.15) is 0 Å². The zero-order valence-corrected chi connectivity index (χ0v) is 10.2. The summed E-state index contributed by atoms with van der Waals surface area (Å²) in [5.41, 5.74) is -1.63. The highest BCUT2D eigenvalue weighted by atomic mass is 35.5. The summed E-state index contributed by atoms with van der Waals surface area (Å²) in [7, 11) is 0. The predicted octanol–water partition coefficient (Wildman–Crippen LogP) is 2.94. The predicted molar refractivity (Wildman–Crippen MR) is 61.3 cm³/mol. The fourth-order valence-corrected chi connectivity index (χ4v) is 1.46. The van der Waals surface area contributed by atoms with Crippen molar-refractivity contribution < 1.29 is 22.4 Å². The van der Waals surface area contributed by atoms with Crippen LogP contribution in [-0.2, 0) is 0 Å². The first kappa shape index (κ1) is 14.2. The summed E-state index contributed by atoms with van der Waals surface area (Å²) in [5.74, 6) is -7.87. The number of carbonyl (C=O) groups excluding carboxylic acids is 1. The van der Waals surface area contributed by atoms with E-state index in [1.165, 1.54) is 0 Å². The lowest BCUT2D eigenvalue weighted by molar-refractivity contribution is 0.102. The zero-order chi connectivity index (χ0) is 14.9. The van der Waals surface area contributed by atoms with Gasteiger partial charge in [0.25, 0.3) is 5.91 Å². The molecule has 9 heteroatoms. The smallest absolute Gasteiger partial charge is 0.276 e. The SMILES string of the molecule is O=C(Nc1c(F)c(F)cc(F)c1F)c1cncc(Cl)n1. The monoisotopic (exact) mass is 305 g/mol. The molecule has 104 valence electrons. The lowest BCUT2D eigenvalue weighted by Crippen LogP contribution is -2.17. The van der Waals surface area contributed by atoms with Crippen molar-refractivity contribution in [3.8, 4) is 0 Å². The number of benzene rings is 1. The number of anilines is 1. The van der Waals surface area contributed by atoms with E-state index in [1.54, 1.807) is 5.32 Å².